The second-order valence-corrected chi connectivity index (χ2v) is 6.88. The van der Waals surface area contributed by atoms with E-state index in [-0.39, 0.29) is 0 Å². The smallest absolute Gasteiger partial charge is 0.118 e. The van der Waals surface area contributed by atoms with Gasteiger partial charge in [0.15, 0.2) is 0 Å². The van der Waals surface area contributed by atoms with Crippen LogP contribution >= 0.6 is 0 Å². The number of rotatable bonds is 5. The second-order valence-electron chi connectivity index (χ2n) is 6.88. The van der Waals surface area contributed by atoms with Gasteiger partial charge in [0.05, 0.1) is 13.2 Å². The van der Waals surface area contributed by atoms with Crippen LogP contribution in [-0.2, 0) is 12.8 Å². The van der Waals surface area contributed by atoms with E-state index < -0.39 is 0 Å². The van der Waals surface area contributed by atoms with Gasteiger partial charge in [-0.3, -0.25) is 0 Å². The lowest BCUT2D eigenvalue weighted by atomic mass is 9.88. The predicted molar refractivity (Wildman–Crippen MR) is 108 cm³/mol. The Kier molecular flexibility index (Phi) is 4.92. The van der Waals surface area contributed by atoms with Crippen LogP contribution < -0.4 is 9.64 Å². The zero-order chi connectivity index (χ0) is 17.8. The maximum Gasteiger partial charge on any atom is 0.118 e. The van der Waals surface area contributed by atoms with Crippen molar-refractivity contribution in [2.75, 3.05) is 18.6 Å². The molecule has 132 valence electrons. The molecule has 0 saturated heterocycles. The van der Waals surface area contributed by atoms with Gasteiger partial charge >= 0.3 is 0 Å². The summed E-state index contributed by atoms with van der Waals surface area (Å²) in [7, 11) is 1.71. The minimum atomic E-state index is 0.421. The summed E-state index contributed by atoms with van der Waals surface area (Å²) < 4.78 is 5.28. The largest absolute Gasteiger partial charge is 0.497 e. The fraction of sp³-hybridized carbons (Fsp3) is 0.250. The normalized spacial score (nSPS) is 16.2. The van der Waals surface area contributed by atoms with Crippen LogP contribution in [0.4, 0.5) is 5.69 Å². The molecule has 0 amide bonds. The van der Waals surface area contributed by atoms with Crippen LogP contribution in [0, 0.1) is 0 Å². The Bertz CT molecular complexity index is 842. The average Bonchev–Trinajstić information content (AvgIpc) is 2.73. The van der Waals surface area contributed by atoms with E-state index in [0.29, 0.717) is 6.04 Å². The molecular weight excluding hydrogens is 318 g/mol. The molecule has 1 aliphatic rings. The van der Waals surface area contributed by atoms with Gasteiger partial charge in [-0.05, 0) is 60.2 Å². The number of hydrogen-bond acceptors (Lipinski definition) is 2. The van der Waals surface area contributed by atoms with Crippen molar-refractivity contribution in [3.8, 4) is 5.75 Å². The highest BCUT2D eigenvalue weighted by atomic mass is 16.5. The van der Waals surface area contributed by atoms with Crippen LogP contribution in [0.15, 0.2) is 78.9 Å². The van der Waals surface area contributed by atoms with E-state index in [4.69, 9.17) is 4.74 Å². The van der Waals surface area contributed by atoms with Crippen molar-refractivity contribution in [1.29, 1.82) is 0 Å². The molecule has 1 unspecified atom stereocenters. The van der Waals surface area contributed by atoms with E-state index in [1.807, 2.05) is 0 Å². The fourth-order valence-corrected chi connectivity index (χ4v) is 3.99. The van der Waals surface area contributed by atoms with Crippen molar-refractivity contribution in [2.24, 2.45) is 0 Å². The van der Waals surface area contributed by atoms with Gasteiger partial charge < -0.3 is 9.64 Å². The van der Waals surface area contributed by atoms with Crippen LogP contribution in [0.5, 0.6) is 5.75 Å². The van der Waals surface area contributed by atoms with Gasteiger partial charge in [0.2, 0.25) is 0 Å². The first-order valence-electron chi connectivity index (χ1n) is 9.37. The summed E-state index contributed by atoms with van der Waals surface area (Å²) in [6.07, 6.45) is 3.29. The molecule has 1 aliphatic heterocycles. The van der Waals surface area contributed by atoms with E-state index in [1.54, 1.807) is 7.11 Å². The van der Waals surface area contributed by atoms with Gasteiger partial charge in [-0.25, -0.2) is 0 Å². The molecule has 26 heavy (non-hydrogen) atoms. The first-order valence-corrected chi connectivity index (χ1v) is 9.37. The van der Waals surface area contributed by atoms with Crippen LogP contribution in [0.25, 0.3) is 0 Å². The van der Waals surface area contributed by atoms with E-state index in [9.17, 15) is 0 Å². The highest BCUT2D eigenvalue weighted by molar-refractivity contribution is 5.52. The molecule has 4 rings (SSSR count). The molecule has 0 N–H and O–H groups in total. The number of nitrogens with zero attached hydrogens (tertiary/aromatic N) is 1. The number of para-hydroxylation sites is 1. The maximum absolute atomic E-state index is 5.28. The first kappa shape index (κ1) is 16.7. The number of fused-ring (bicyclic) bond motifs is 1. The molecule has 0 spiro atoms. The van der Waals surface area contributed by atoms with Crippen LogP contribution in [-0.4, -0.2) is 13.7 Å². The number of aryl methyl sites for hydroxylation is 1. The molecule has 3 aromatic carbocycles. The fourth-order valence-electron chi connectivity index (χ4n) is 3.99. The first-order chi connectivity index (χ1) is 12.8. The quantitative estimate of drug-likeness (QED) is 0.612. The van der Waals surface area contributed by atoms with Crippen LogP contribution in [0.3, 0.4) is 0 Å². The summed E-state index contributed by atoms with van der Waals surface area (Å²) in [4.78, 5) is 2.58. The number of ether oxygens (including phenoxy) is 1. The van der Waals surface area contributed by atoms with Crippen molar-refractivity contribution in [3.63, 3.8) is 0 Å². The van der Waals surface area contributed by atoms with Crippen LogP contribution in [0.1, 0.15) is 29.2 Å². The minimum absolute atomic E-state index is 0.421. The lowest BCUT2D eigenvalue weighted by Gasteiger charge is -2.39. The summed E-state index contributed by atoms with van der Waals surface area (Å²) in [5.41, 5.74) is 5.67. The van der Waals surface area contributed by atoms with Crippen molar-refractivity contribution in [1.82, 2.24) is 0 Å². The molecule has 0 saturated carbocycles. The summed E-state index contributed by atoms with van der Waals surface area (Å²) >= 11 is 0. The molecule has 1 heterocycles. The minimum Gasteiger partial charge on any atom is -0.497 e. The van der Waals surface area contributed by atoms with E-state index in [1.165, 1.54) is 22.4 Å². The Labute approximate surface area is 156 Å². The molecule has 0 aliphatic carbocycles. The third-order valence-corrected chi connectivity index (χ3v) is 5.37. The molecule has 0 bridgehead atoms. The standard InChI is InChI=1S/C24H25NO/c1-26-22-14-11-19(12-15-22)13-16-24-23-10-6-5-7-20(23)17-18-25(24)21-8-3-2-4-9-21/h2-12,14-15,24H,13,16-18H2,1H3. The predicted octanol–water partition coefficient (Wildman–Crippen LogP) is 5.43. The molecular formula is C24H25NO. The van der Waals surface area contributed by atoms with Gasteiger partial charge in [0, 0.05) is 12.2 Å². The van der Waals surface area contributed by atoms with E-state index in [0.717, 1.165) is 31.6 Å². The van der Waals surface area contributed by atoms with Crippen molar-refractivity contribution in [3.05, 3.63) is 95.6 Å². The van der Waals surface area contributed by atoms with Crippen LogP contribution in [0.2, 0.25) is 0 Å². The Balaban J connectivity index is 1.60. The van der Waals surface area contributed by atoms with E-state index in [2.05, 4.69) is 83.8 Å². The van der Waals surface area contributed by atoms with Crippen molar-refractivity contribution < 1.29 is 4.74 Å². The summed E-state index contributed by atoms with van der Waals surface area (Å²) in [6, 6.07) is 28.7. The molecule has 0 fully saturated rings. The topological polar surface area (TPSA) is 12.5 Å². The number of anilines is 1. The van der Waals surface area contributed by atoms with Gasteiger partial charge in [-0.2, -0.15) is 0 Å². The van der Waals surface area contributed by atoms with Gasteiger partial charge in [-0.15, -0.1) is 0 Å². The zero-order valence-corrected chi connectivity index (χ0v) is 15.3. The highest BCUT2D eigenvalue weighted by Gasteiger charge is 2.26. The lowest BCUT2D eigenvalue weighted by molar-refractivity contribution is 0.414. The van der Waals surface area contributed by atoms with Gasteiger partial charge in [0.25, 0.3) is 0 Å². The molecule has 2 nitrogen and oxygen atoms in total. The molecule has 0 aromatic heterocycles. The third kappa shape index (κ3) is 3.45. The summed E-state index contributed by atoms with van der Waals surface area (Å²) in [5, 5.41) is 0. The van der Waals surface area contributed by atoms with Crippen molar-refractivity contribution >= 4 is 5.69 Å². The number of hydrogen-bond donors (Lipinski definition) is 0. The Hall–Kier alpha value is -2.74. The SMILES string of the molecule is COc1ccc(CCC2c3ccccc3CCN2c2ccccc2)cc1. The summed E-state index contributed by atoms with van der Waals surface area (Å²) in [5.74, 6) is 0.919. The Morgan fingerprint density at radius 2 is 1.62 bits per heavy atom. The number of methoxy groups -OCH3 is 1. The Morgan fingerprint density at radius 3 is 2.38 bits per heavy atom. The molecule has 3 aromatic rings. The maximum atomic E-state index is 5.28. The molecule has 0 radical (unpaired) electrons. The summed E-state index contributed by atoms with van der Waals surface area (Å²) in [6.45, 7) is 1.08. The van der Waals surface area contributed by atoms with Gasteiger partial charge in [-0.1, -0.05) is 54.6 Å². The molecule has 1 atom stereocenters. The second kappa shape index (κ2) is 7.65. The lowest BCUT2D eigenvalue weighted by Crippen LogP contribution is -2.35. The monoisotopic (exact) mass is 343 g/mol. The highest BCUT2D eigenvalue weighted by Crippen LogP contribution is 2.36. The third-order valence-electron chi connectivity index (χ3n) is 5.37. The van der Waals surface area contributed by atoms with Gasteiger partial charge in [0.1, 0.15) is 5.75 Å². The molecule has 2 heteroatoms. The zero-order valence-electron chi connectivity index (χ0n) is 15.3. The van der Waals surface area contributed by atoms with E-state index >= 15 is 0 Å². The average molecular weight is 343 g/mol. The Morgan fingerprint density at radius 1 is 0.885 bits per heavy atom. The van der Waals surface area contributed by atoms with Crippen molar-refractivity contribution in [2.45, 2.75) is 25.3 Å². The number of benzene rings is 3.